The van der Waals surface area contributed by atoms with Crippen molar-refractivity contribution in [3.63, 3.8) is 0 Å². The van der Waals surface area contributed by atoms with Crippen molar-refractivity contribution in [2.45, 2.75) is 0 Å². The van der Waals surface area contributed by atoms with Crippen molar-refractivity contribution in [1.29, 1.82) is 5.26 Å². The Labute approximate surface area is 206 Å². The second kappa shape index (κ2) is 9.74. The zero-order valence-corrected chi connectivity index (χ0v) is 19.7. The average Bonchev–Trinajstić information content (AvgIpc) is 3.28. The van der Waals surface area contributed by atoms with Crippen LogP contribution in [0, 0.1) is 11.3 Å². The predicted molar refractivity (Wildman–Crippen MR) is 141 cm³/mol. The molecule has 1 aromatic heterocycles. The average molecular weight is 503 g/mol. The number of nitrogens with zero attached hydrogens (tertiary/aromatic N) is 2. The van der Waals surface area contributed by atoms with Gasteiger partial charge >= 0.3 is 0 Å². The monoisotopic (exact) mass is 502 g/mol. The van der Waals surface area contributed by atoms with Gasteiger partial charge in [-0.15, -0.1) is 0 Å². The highest BCUT2D eigenvalue weighted by Gasteiger charge is 2.22. The molecule has 0 aliphatic heterocycles. The fourth-order valence-electron chi connectivity index (χ4n) is 3.82. The zero-order chi connectivity index (χ0) is 23.3. The third kappa shape index (κ3) is 4.47. The smallest absolute Gasteiger partial charge is 0.238 e. The van der Waals surface area contributed by atoms with Crippen LogP contribution in [0.25, 0.3) is 33.6 Å². The molecule has 0 aliphatic rings. The summed E-state index contributed by atoms with van der Waals surface area (Å²) in [4.78, 5) is 4.54. The lowest BCUT2D eigenvalue weighted by Gasteiger charge is -2.06. The number of hydrogen-bond acceptors (Lipinski definition) is 3. The van der Waals surface area contributed by atoms with E-state index in [1.54, 1.807) is 6.21 Å². The van der Waals surface area contributed by atoms with Crippen LogP contribution >= 0.6 is 15.9 Å². The molecule has 0 bridgehead atoms. The Morgan fingerprint density at radius 1 is 0.676 bits per heavy atom. The van der Waals surface area contributed by atoms with Gasteiger partial charge < -0.3 is 4.42 Å². The number of rotatable bonds is 5. The van der Waals surface area contributed by atoms with E-state index in [1.165, 1.54) is 0 Å². The lowest BCUT2D eigenvalue weighted by molar-refractivity contribution is 0.593. The van der Waals surface area contributed by atoms with E-state index in [2.05, 4.69) is 51.3 Å². The molecule has 0 radical (unpaired) electrons. The molecule has 162 valence electrons. The maximum Gasteiger partial charge on any atom is 0.238 e. The van der Waals surface area contributed by atoms with Crippen molar-refractivity contribution in [3.8, 4) is 39.6 Å². The van der Waals surface area contributed by atoms with Crippen LogP contribution < -0.4 is 0 Å². The van der Waals surface area contributed by atoms with E-state index in [0.717, 1.165) is 37.9 Å². The van der Waals surface area contributed by atoms with Crippen LogP contribution in [0.15, 0.2) is 123 Å². The molecule has 5 aromatic rings. The van der Waals surface area contributed by atoms with Crippen molar-refractivity contribution in [1.82, 2.24) is 0 Å². The molecule has 34 heavy (non-hydrogen) atoms. The van der Waals surface area contributed by atoms with Gasteiger partial charge in [-0.2, -0.15) is 5.26 Å². The molecule has 1 heterocycles. The first-order valence-electron chi connectivity index (χ1n) is 10.8. The van der Waals surface area contributed by atoms with Gasteiger partial charge in [-0.1, -0.05) is 113 Å². The summed E-state index contributed by atoms with van der Waals surface area (Å²) in [6.07, 6.45) is 1.71. The van der Waals surface area contributed by atoms with E-state index < -0.39 is 0 Å². The maximum absolute atomic E-state index is 10.1. The predicted octanol–water partition coefficient (Wildman–Crippen LogP) is 8.67. The molecule has 0 saturated carbocycles. The third-order valence-corrected chi connectivity index (χ3v) is 6.05. The number of hydrogen-bond donors (Lipinski definition) is 0. The zero-order valence-electron chi connectivity index (χ0n) is 18.2. The summed E-state index contributed by atoms with van der Waals surface area (Å²) in [6, 6.07) is 38.4. The Morgan fingerprint density at radius 3 is 1.85 bits per heavy atom. The van der Waals surface area contributed by atoms with Crippen molar-refractivity contribution >= 4 is 28.0 Å². The minimum atomic E-state index is 0.298. The van der Waals surface area contributed by atoms with Crippen LogP contribution in [0.4, 0.5) is 5.88 Å². The number of benzene rings is 4. The van der Waals surface area contributed by atoms with Crippen molar-refractivity contribution in [3.05, 3.63) is 125 Å². The Morgan fingerprint density at radius 2 is 1.24 bits per heavy atom. The molecule has 0 N–H and O–H groups in total. The molecule has 5 rings (SSSR count). The minimum absolute atomic E-state index is 0.298. The van der Waals surface area contributed by atoms with Crippen LogP contribution in [-0.2, 0) is 0 Å². The van der Waals surface area contributed by atoms with Crippen LogP contribution in [0.1, 0.15) is 11.1 Å². The van der Waals surface area contributed by atoms with Crippen molar-refractivity contribution < 1.29 is 4.42 Å². The van der Waals surface area contributed by atoms with E-state index in [4.69, 9.17) is 4.42 Å². The molecule has 0 amide bonds. The van der Waals surface area contributed by atoms with Crippen LogP contribution in [-0.4, -0.2) is 6.21 Å². The van der Waals surface area contributed by atoms with E-state index in [1.807, 2.05) is 84.9 Å². The van der Waals surface area contributed by atoms with E-state index in [0.29, 0.717) is 17.2 Å². The molecule has 0 fully saturated rings. The van der Waals surface area contributed by atoms with Crippen LogP contribution in [0.5, 0.6) is 0 Å². The molecular formula is C30H19BrN2O. The molecule has 0 atom stereocenters. The Balaban J connectivity index is 1.61. The van der Waals surface area contributed by atoms with Gasteiger partial charge in [-0.25, -0.2) is 4.99 Å². The molecule has 0 unspecified atom stereocenters. The molecule has 3 nitrogen and oxygen atoms in total. The Bertz CT molecular complexity index is 1480. The quantitative estimate of drug-likeness (QED) is 0.225. The van der Waals surface area contributed by atoms with Crippen molar-refractivity contribution in [2.75, 3.05) is 0 Å². The van der Waals surface area contributed by atoms with Gasteiger partial charge in [0.2, 0.25) is 5.88 Å². The van der Waals surface area contributed by atoms with Gasteiger partial charge in [0, 0.05) is 21.8 Å². The normalized spacial score (nSPS) is 10.9. The van der Waals surface area contributed by atoms with Crippen LogP contribution in [0.3, 0.4) is 0 Å². The highest BCUT2D eigenvalue weighted by molar-refractivity contribution is 9.10. The summed E-state index contributed by atoms with van der Waals surface area (Å²) < 4.78 is 7.23. The van der Waals surface area contributed by atoms with Gasteiger partial charge in [-0.05, 0) is 34.4 Å². The minimum Gasteiger partial charge on any atom is -0.436 e. The lowest BCUT2D eigenvalue weighted by Crippen LogP contribution is -1.84. The number of aliphatic imine (C=N–C) groups is 1. The van der Waals surface area contributed by atoms with E-state index in [9.17, 15) is 5.26 Å². The lowest BCUT2D eigenvalue weighted by atomic mass is 9.97. The van der Waals surface area contributed by atoms with Gasteiger partial charge in [0.1, 0.15) is 17.4 Å². The SMILES string of the molecule is N#Cc1c(N=Cc2ccc(Br)cc2)oc(-c2ccc(-c3ccccc3)cc2)c1-c1ccccc1. The van der Waals surface area contributed by atoms with E-state index >= 15 is 0 Å². The number of nitriles is 1. The first kappa shape index (κ1) is 21.6. The largest absolute Gasteiger partial charge is 0.436 e. The number of furan rings is 1. The molecule has 0 spiro atoms. The first-order chi connectivity index (χ1) is 16.7. The molecule has 0 saturated heterocycles. The second-order valence-corrected chi connectivity index (χ2v) is 8.63. The standard InChI is InChI=1S/C30H19BrN2O/c31-26-17-11-21(12-18-26)20-33-30-27(19-32)28(24-9-5-2-6-10-24)29(34-30)25-15-13-23(14-16-25)22-7-3-1-4-8-22/h1-18,20H. The summed E-state index contributed by atoms with van der Waals surface area (Å²) in [7, 11) is 0. The summed E-state index contributed by atoms with van der Waals surface area (Å²) >= 11 is 3.44. The molecule has 0 aliphatic carbocycles. The van der Waals surface area contributed by atoms with Crippen molar-refractivity contribution in [2.24, 2.45) is 4.99 Å². The van der Waals surface area contributed by atoms with Gasteiger partial charge in [0.05, 0.1) is 0 Å². The summed E-state index contributed by atoms with van der Waals surface area (Å²) in [6.45, 7) is 0. The molecule has 4 heteroatoms. The highest BCUT2D eigenvalue weighted by Crippen LogP contribution is 2.42. The van der Waals surface area contributed by atoms with Crippen LogP contribution in [0.2, 0.25) is 0 Å². The Kier molecular flexibility index (Phi) is 6.20. The van der Waals surface area contributed by atoms with Gasteiger partial charge in [0.15, 0.2) is 0 Å². The molecular weight excluding hydrogens is 484 g/mol. The fourth-order valence-corrected chi connectivity index (χ4v) is 4.09. The molecule has 4 aromatic carbocycles. The summed E-state index contributed by atoms with van der Waals surface area (Å²) in [5.41, 5.74) is 6.15. The second-order valence-electron chi connectivity index (χ2n) is 7.72. The summed E-state index contributed by atoms with van der Waals surface area (Å²) in [5, 5.41) is 10.1. The summed E-state index contributed by atoms with van der Waals surface area (Å²) in [5.74, 6) is 0.928. The van der Waals surface area contributed by atoms with Gasteiger partial charge in [-0.3, -0.25) is 0 Å². The maximum atomic E-state index is 10.1. The first-order valence-corrected chi connectivity index (χ1v) is 11.6. The highest BCUT2D eigenvalue weighted by atomic mass is 79.9. The topological polar surface area (TPSA) is 49.3 Å². The van der Waals surface area contributed by atoms with E-state index in [-0.39, 0.29) is 0 Å². The third-order valence-electron chi connectivity index (χ3n) is 5.52. The Hall–Kier alpha value is -4.20. The van der Waals surface area contributed by atoms with Gasteiger partial charge in [0.25, 0.3) is 0 Å². The fraction of sp³-hybridized carbons (Fsp3) is 0. The number of halogens is 1.